The standard InChI is InChI=1S/C30H40N2O5/c1-23-9-11-25(12-10-23)28(35)32-17-6-5-14-30(29(36)37-22-27(34)26(33)13-18-32)15-19-31(20-16-30)21-24-7-3-2-4-8-24/h2-4,7-12,26-27,33-34H,5-6,13-22H2,1H3/t26-,27+/m0/s1. The number of amides is 1. The number of carbonyl (C=O) groups excluding carboxylic acids is 2. The van der Waals surface area contributed by atoms with Crippen LogP contribution in [-0.2, 0) is 16.1 Å². The monoisotopic (exact) mass is 508 g/mol. The number of hydrogen-bond donors (Lipinski definition) is 2. The molecule has 4 rings (SSSR count). The summed E-state index contributed by atoms with van der Waals surface area (Å²) in [5.41, 5.74) is 2.36. The van der Waals surface area contributed by atoms with Crippen molar-refractivity contribution in [1.29, 1.82) is 0 Å². The average Bonchev–Trinajstić information content (AvgIpc) is 2.92. The first-order valence-corrected chi connectivity index (χ1v) is 13.5. The molecule has 2 heterocycles. The molecule has 2 aliphatic heterocycles. The van der Waals surface area contributed by atoms with E-state index >= 15 is 0 Å². The molecule has 7 heteroatoms. The molecule has 7 nitrogen and oxygen atoms in total. The number of piperidine rings is 1. The molecule has 0 bridgehead atoms. The number of nitrogens with zero attached hydrogens (tertiary/aromatic N) is 2. The minimum absolute atomic E-state index is 0.0761. The third kappa shape index (κ3) is 7.18. The summed E-state index contributed by atoms with van der Waals surface area (Å²) >= 11 is 0. The van der Waals surface area contributed by atoms with Crippen molar-refractivity contribution in [1.82, 2.24) is 9.80 Å². The van der Waals surface area contributed by atoms with Crippen LogP contribution in [0.3, 0.4) is 0 Å². The van der Waals surface area contributed by atoms with Gasteiger partial charge in [-0.05, 0) is 69.8 Å². The highest BCUT2D eigenvalue weighted by atomic mass is 16.5. The fourth-order valence-electron chi connectivity index (χ4n) is 5.40. The molecule has 2 aromatic rings. The van der Waals surface area contributed by atoms with Crippen molar-refractivity contribution in [2.75, 3.05) is 32.8 Å². The lowest BCUT2D eigenvalue weighted by molar-refractivity contribution is -0.165. The summed E-state index contributed by atoms with van der Waals surface area (Å²) in [5, 5.41) is 21.0. The Labute approximate surface area is 220 Å². The summed E-state index contributed by atoms with van der Waals surface area (Å²) in [5.74, 6) is -0.349. The van der Waals surface area contributed by atoms with Crippen LogP contribution in [0.5, 0.6) is 0 Å². The highest BCUT2D eigenvalue weighted by Gasteiger charge is 2.42. The second-order valence-electron chi connectivity index (χ2n) is 10.7. The zero-order valence-corrected chi connectivity index (χ0v) is 21.8. The highest BCUT2D eigenvalue weighted by Crippen LogP contribution is 2.38. The summed E-state index contributed by atoms with van der Waals surface area (Å²) in [6, 6.07) is 17.8. The maximum absolute atomic E-state index is 13.3. The van der Waals surface area contributed by atoms with Gasteiger partial charge >= 0.3 is 5.97 Å². The first kappa shape index (κ1) is 27.3. The van der Waals surface area contributed by atoms with E-state index in [1.807, 2.05) is 49.4 Å². The van der Waals surface area contributed by atoms with Crippen LogP contribution in [0, 0.1) is 12.3 Å². The van der Waals surface area contributed by atoms with Crippen LogP contribution in [0.15, 0.2) is 54.6 Å². The topological polar surface area (TPSA) is 90.3 Å². The van der Waals surface area contributed by atoms with Gasteiger partial charge in [0.05, 0.1) is 11.5 Å². The number of aliphatic hydroxyl groups excluding tert-OH is 2. The number of carbonyl (C=O) groups is 2. The van der Waals surface area contributed by atoms with E-state index in [4.69, 9.17) is 4.74 Å². The van der Waals surface area contributed by atoms with Crippen molar-refractivity contribution in [3.63, 3.8) is 0 Å². The fourth-order valence-corrected chi connectivity index (χ4v) is 5.40. The number of benzene rings is 2. The van der Waals surface area contributed by atoms with Crippen LogP contribution in [0.2, 0.25) is 0 Å². The van der Waals surface area contributed by atoms with Gasteiger partial charge in [0.1, 0.15) is 12.7 Å². The van der Waals surface area contributed by atoms with Gasteiger partial charge < -0.3 is 19.8 Å². The molecule has 2 fully saturated rings. The predicted octanol–water partition coefficient (Wildman–Crippen LogP) is 3.56. The van der Waals surface area contributed by atoms with Gasteiger partial charge in [0, 0.05) is 25.2 Å². The number of aryl methyl sites for hydroxylation is 1. The Bertz CT molecular complexity index is 1020. The van der Waals surface area contributed by atoms with Crippen LogP contribution in [0.1, 0.15) is 60.0 Å². The van der Waals surface area contributed by atoms with Crippen molar-refractivity contribution in [3.05, 3.63) is 71.3 Å². The lowest BCUT2D eigenvalue weighted by Crippen LogP contribution is -2.45. The summed E-state index contributed by atoms with van der Waals surface area (Å²) in [7, 11) is 0. The normalized spacial score (nSPS) is 24.0. The molecule has 0 radical (unpaired) electrons. The van der Waals surface area contributed by atoms with Gasteiger partial charge in [-0.15, -0.1) is 0 Å². The number of likely N-dealkylation sites (tertiary alicyclic amines) is 1. The number of rotatable bonds is 3. The van der Waals surface area contributed by atoms with Crippen molar-refractivity contribution < 1.29 is 24.5 Å². The number of hydrogen-bond acceptors (Lipinski definition) is 6. The number of cyclic esters (lactones) is 1. The van der Waals surface area contributed by atoms with E-state index in [0.717, 1.165) is 38.0 Å². The van der Waals surface area contributed by atoms with Crippen LogP contribution < -0.4 is 0 Å². The highest BCUT2D eigenvalue weighted by molar-refractivity contribution is 5.94. The molecule has 2 saturated heterocycles. The Balaban J connectivity index is 1.43. The van der Waals surface area contributed by atoms with Crippen LogP contribution in [0.25, 0.3) is 0 Å². The number of ether oxygens (including phenoxy) is 1. The minimum atomic E-state index is -1.18. The summed E-state index contributed by atoms with van der Waals surface area (Å²) in [4.78, 5) is 30.6. The second-order valence-corrected chi connectivity index (χ2v) is 10.7. The Hall–Kier alpha value is -2.74. The summed E-state index contributed by atoms with van der Waals surface area (Å²) in [6.45, 7) is 5.07. The first-order chi connectivity index (χ1) is 17.9. The SMILES string of the molecule is Cc1ccc(C(=O)N2CCCCC3(CCN(Cc4ccccc4)CC3)C(=O)OC[C@@H](O)[C@@H](O)CC2)cc1. The van der Waals surface area contributed by atoms with Gasteiger partial charge in [0.2, 0.25) is 0 Å². The lowest BCUT2D eigenvalue weighted by Gasteiger charge is -2.40. The van der Waals surface area contributed by atoms with Crippen molar-refractivity contribution in [2.45, 2.75) is 64.2 Å². The molecule has 37 heavy (non-hydrogen) atoms. The first-order valence-electron chi connectivity index (χ1n) is 13.5. The van der Waals surface area contributed by atoms with Crippen LogP contribution >= 0.6 is 0 Å². The molecule has 0 aliphatic carbocycles. The fraction of sp³-hybridized carbons (Fsp3) is 0.533. The molecule has 2 N–H and O–H groups in total. The zero-order chi connectivity index (χ0) is 26.3. The van der Waals surface area contributed by atoms with E-state index in [1.165, 1.54) is 5.56 Å². The van der Waals surface area contributed by atoms with E-state index in [9.17, 15) is 19.8 Å². The van der Waals surface area contributed by atoms with E-state index in [2.05, 4.69) is 17.0 Å². The van der Waals surface area contributed by atoms with Crippen LogP contribution in [-0.4, -0.2) is 76.9 Å². The molecule has 1 spiro atoms. The summed E-state index contributed by atoms with van der Waals surface area (Å²) < 4.78 is 5.59. The van der Waals surface area contributed by atoms with Gasteiger partial charge in [-0.25, -0.2) is 0 Å². The molecule has 2 aromatic carbocycles. The molecule has 0 aromatic heterocycles. The van der Waals surface area contributed by atoms with E-state index in [1.54, 1.807) is 4.90 Å². The molecule has 1 amide bonds. The minimum Gasteiger partial charge on any atom is -0.462 e. The maximum Gasteiger partial charge on any atom is 0.312 e. The molecule has 0 unspecified atom stereocenters. The Kier molecular flexibility index (Phi) is 9.35. The van der Waals surface area contributed by atoms with Crippen molar-refractivity contribution in [2.24, 2.45) is 5.41 Å². The van der Waals surface area contributed by atoms with Crippen LogP contribution in [0.4, 0.5) is 0 Å². The van der Waals surface area contributed by atoms with E-state index in [-0.39, 0.29) is 24.9 Å². The molecule has 2 aliphatic rings. The van der Waals surface area contributed by atoms with Crippen molar-refractivity contribution in [3.8, 4) is 0 Å². The van der Waals surface area contributed by atoms with E-state index in [0.29, 0.717) is 37.9 Å². The Morgan fingerprint density at radius 1 is 0.919 bits per heavy atom. The largest absolute Gasteiger partial charge is 0.462 e. The zero-order valence-electron chi connectivity index (χ0n) is 21.8. The number of esters is 1. The predicted molar refractivity (Wildman–Crippen MR) is 142 cm³/mol. The maximum atomic E-state index is 13.3. The van der Waals surface area contributed by atoms with Gasteiger partial charge in [0.25, 0.3) is 5.91 Å². The summed E-state index contributed by atoms with van der Waals surface area (Å²) in [6.07, 6.45) is 1.61. The molecule has 0 saturated carbocycles. The third-order valence-corrected chi connectivity index (χ3v) is 7.94. The Morgan fingerprint density at radius 3 is 2.32 bits per heavy atom. The smallest absolute Gasteiger partial charge is 0.312 e. The van der Waals surface area contributed by atoms with Gasteiger partial charge in [-0.2, -0.15) is 0 Å². The van der Waals surface area contributed by atoms with E-state index < -0.39 is 17.6 Å². The van der Waals surface area contributed by atoms with Gasteiger partial charge in [0.15, 0.2) is 0 Å². The van der Waals surface area contributed by atoms with Gasteiger partial charge in [-0.3, -0.25) is 14.5 Å². The Morgan fingerprint density at radius 2 is 1.62 bits per heavy atom. The lowest BCUT2D eigenvalue weighted by atomic mass is 9.74. The average molecular weight is 509 g/mol. The molecule has 2 atom stereocenters. The molecular weight excluding hydrogens is 468 g/mol. The second kappa shape index (κ2) is 12.7. The number of aliphatic hydroxyl groups is 2. The molecular formula is C30H40N2O5. The van der Waals surface area contributed by atoms with Gasteiger partial charge in [-0.1, -0.05) is 54.4 Å². The third-order valence-electron chi connectivity index (χ3n) is 7.94. The molecule has 200 valence electrons. The van der Waals surface area contributed by atoms with Crippen molar-refractivity contribution >= 4 is 11.9 Å². The quantitative estimate of drug-likeness (QED) is 0.617.